The predicted molar refractivity (Wildman–Crippen MR) is 71.7 cm³/mol. The molecule has 0 bridgehead atoms. The summed E-state index contributed by atoms with van der Waals surface area (Å²) in [6, 6.07) is 3.69. The van der Waals surface area contributed by atoms with Crippen molar-refractivity contribution < 1.29 is 19.4 Å². The molecule has 1 saturated heterocycles. The number of rotatable bonds is 2. The fraction of sp³-hybridized carbons (Fsp3) is 0.467. The lowest BCUT2D eigenvalue weighted by Crippen LogP contribution is -2.46. The van der Waals surface area contributed by atoms with Gasteiger partial charge in [0.2, 0.25) is 0 Å². The normalized spacial score (nSPS) is 25.4. The Labute approximate surface area is 117 Å². The van der Waals surface area contributed by atoms with Crippen molar-refractivity contribution >= 4 is 11.8 Å². The van der Waals surface area contributed by atoms with Crippen LogP contribution in [0.15, 0.2) is 12.1 Å². The first kappa shape index (κ1) is 13.3. The van der Waals surface area contributed by atoms with Gasteiger partial charge in [-0.1, -0.05) is 12.1 Å². The Kier molecular flexibility index (Phi) is 2.92. The minimum atomic E-state index is -1.12. The van der Waals surface area contributed by atoms with Gasteiger partial charge in [-0.3, -0.25) is 14.5 Å². The summed E-state index contributed by atoms with van der Waals surface area (Å²) in [5, 5.41) is 10.3. The van der Waals surface area contributed by atoms with Crippen LogP contribution in [0.25, 0.3) is 0 Å². The molecule has 2 heterocycles. The number of ether oxygens (including phenoxy) is 1. The molecule has 1 unspecified atom stereocenters. The number of fused-ring (bicyclic) bond motifs is 1. The van der Waals surface area contributed by atoms with Gasteiger partial charge in [-0.25, -0.2) is 0 Å². The number of aliphatic hydroxyl groups is 1. The van der Waals surface area contributed by atoms with Crippen LogP contribution in [0.4, 0.5) is 0 Å². The van der Waals surface area contributed by atoms with E-state index in [0.29, 0.717) is 24.2 Å². The zero-order valence-electron chi connectivity index (χ0n) is 11.6. The standard InChI is InChI=1S/C15H17NO4/c1-9-3-4-10(2)12-11(9)13(17)16(14(12)18)7-15(19)5-6-20-8-15/h3-4,19H,5-8H2,1-2H3. The van der Waals surface area contributed by atoms with Crippen LogP contribution in [0.5, 0.6) is 0 Å². The average Bonchev–Trinajstić information content (AvgIpc) is 2.93. The summed E-state index contributed by atoms with van der Waals surface area (Å²) in [4.78, 5) is 26.1. The molecule has 1 aromatic rings. The highest BCUT2D eigenvalue weighted by molar-refractivity contribution is 6.22. The highest BCUT2D eigenvalue weighted by atomic mass is 16.5. The molecule has 1 N–H and O–H groups in total. The number of nitrogens with zero attached hydrogens (tertiary/aromatic N) is 1. The van der Waals surface area contributed by atoms with Gasteiger partial charge in [0.1, 0.15) is 5.60 Å². The fourth-order valence-electron chi connectivity index (χ4n) is 2.88. The van der Waals surface area contributed by atoms with Crippen LogP contribution in [-0.4, -0.2) is 47.2 Å². The first-order valence-electron chi connectivity index (χ1n) is 6.69. The molecule has 1 fully saturated rings. The maximum absolute atomic E-state index is 12.5. The molecule has 106 valence electrons. The van der Waals surface area contributed by atoms with Crippen LogP contribution in [-0.2, 0) is 4.74 Å². The summed E-state index contributed by atoms with van der Waals surface area (Å²) in [5.41, 5.74) is 1.41. The fourth-order valence-corrected chi connectivity index (χ4v) is 2.88. The van der Waals surface area contributed by atoms with Crippen molar-refractivity contribution in [3.63, 3.8) is 0 Å². The lowest BCUT2D eigenvalue weighted by molar-refractivity contribution is 0.00110. The molecule has 0 aliphatic carbocycles. The highest BCUT2D eigenvalue weighted by Crippen LogP contribution is 2.31. The van der Waals surface area contributed by atoms with E-state index >= 15 is 0 Å². The molecule has 2 aliphatic heterocycles. The van der Waals surface area contributed by atoms with Crippen LogP contribution in [0.1, 0.15) is 38.3 Å². The Bertz CT molecular complexity index is 561. The van der Waals surface area contributed by atoms with Gasteiger partial charge >= 0.3 is 0 Å². The molecule has 0 radical (unpaired) electrons. The monoisotopic (exact) mass is 275 g/mol. The van der Waals surface area contributed by atoms with Crippen LogP contribution in [0.3, 0.4) is 0 Å². The molecule has 0 spiro atoms. The summed E-state index contributed by atoms with van der Waals surface area (Å²) in [6.45, 7) is 4.26. The van der Waals surface area contributed by atoms with E-state index in [-0.39, 0.29) is 25.0 Å². The highest BCUT2D eigenvalue weighted by Gasteiger charge is 2.43. The maximum Gasteiger partial charge on any atom is 0.261 e. The zero-order chi connectivity index (χ0) is 14.5. The second-order valence-electron chi connectivity index (χ2n) is 5.67. The van der Waals surface area contributed by atoms with E-state index in [0.717, 1.165) is 16.0 Å². The first-order chi connectivity index (χ1) is 9.43. The SMILES string of the molecule is Cc1ccc(C)c2c1C(=O)N(CC1(O)CCOC1)C2=O. The number of imide groups is 1. The molecular formula is C15H17NO4. The number of β-amino-alcohol motifs (C(OH)–C–C–N with tert-alkyl or cyclic N) is 1. The number of amides is 2. The number of benzene rings is 1. The molecule has 0 aromatic heterocycles. The van der Waals surface area contributed by atoms with Gasteiger partial charge in [0, 0.05) is 13.0 Å². The number of hydrogen-bond donors (Lipinski definition) is 1. The van der Waals surface area contributed by atoms with E-state index in [1.807, 2.05) is 26.0 Å². The summed E-state index contributed by atoms with van der Waals surface area (Å²) < 4.78 is 5.17. The smallest absolute Gasteiger partial charge is 0.261 e. The Morgan fingerprint density at radius 3 is 2.20 bits per heavy atom. The third-order valence-corrected chi connectivity index (χ3v) is 4.07. The largest absolute Gasteiger partial charge is 0.386 e. The van der Waals surface area contributed by atoms with Gasteiger partial charge in [0.05, 0.1) is 24.3 Å². The van der Waals surface area contributed by atoms with E-state index in [9.17, 15) is 14.7 Å². The second-order valence-corrected chi connectivity index (χ2v) is 5.67. The van der Waals surface area contributed by atoms with E-state index in [2.05, 4.69) is 0 Å². The molecule has 1 aromatic carbocycles. The first-order valence-corrected chi connectivity index (χ1v) is 6.69. The molecule has 3 rings (SSSR count). The van der Waals surface area contributed by atoms with Crippen LogP contribution in [0.2, 0.25) is 0 Å². The van der Waals surface area contributed by atoms with Gasteiger partial charge < -0.3 is 9.84 Å². The Balaban J connectivity index is 1.97. The van der Waals surface area contributed by atoms with Gasteiger partial charge in [0.25, 0.3) is 11.8 Å². The van der Waals surface area contributed by atoms with Crippen molar-refractivity contribution in [2.24, 2.45) is 0 Å². The lowest BCUT2D eigenvalue weighted by atomic mass is 9.99. The summed E-state index contributed by atoms with van der Waals surface area (Å²) in [6.07, 6.45) is 0.443. The van der Waals surface area contributed by atoms with E-state index in [1.54, 1.807) is 0 Å². The summed E-state index contributed by atoms with van der Waals surface area (Å²) in [7, 11) is 0. The van der Waals surface area contributed by atoms with Crippen molar-refractivity contribution in [3.05, 3.63) is 34.4 Å². The Hall–Kier alpha value is -1.72. The minimum Gasteiger partial charge on any atom is -0.386 e. The van der Waals surface area contributed by atoms with Crippen LogP contribution in [0, 0.1) is 13.8 Å². The summed E-state index contributed by atoms with van der Waals surface area (Å²) >= 11 is 0. The van der Waals surface area contributed by atoms with Crippen LogP contribution >= 0.6 is 0 Å². The third-order valence-electron chi connectivity index (χ3n) is 4.07. The topological polar surface area (TPSA) is 66.8 Å². The molecule has 2 aliphatic rings. The van der Waals surface area contributed by atoms with Crippen molar-refractivity contribution in [2.75, 3.05) is 19.8 Å². The predicted octanol–water partition coefficient (Wildman–Crippen LogP) is 1.05. The quantitative estimate of drug-likeness (QED) is 0.819. The Morgan fingerprint density at radius 2 is 1.75 bits per heavy atom. The maximum atomic E-state index is 12.5. The molecule has 5 nitrogen and oxygen atoms in total. The summed E-state index contributed by atoms with van der Waals surface area (Å²) in [5.74, 6) is -0.627. The molecule has 2 amide bonds. The van der Waals surface area contributed by atoms with Gasteiger partial charge in [0.15, 0.2) is 0 Å². The Morgan fingerprint density at radius 1 is 1.20 bits per heavy atom. The molecule has 0 saturated carbocycles. The number of carbonyl (C=O) groups excluding carboxylic acids is 2. The number of carbonyl (C=O) groups is 2. The van der Waals surface area contributed by atoms with Crippen LogP contribution < -0.4 is 0 Å². The van der Waals surface area contributed by atoms with Crippen molar-refractivity contribution in [1.29, 1.82) is 0 Å². The zero-order valence-corrected chi connectivity index (χ0v) is 11.6. The lowest BCUT2D eigenvalue weighted by Gasteiger charge is -2.25. The van der Waals surface area contributed by atoms with Crippen molar-refractivity contribution in [2.45, 2.75) is 25.9 Å². The average molecular weight is 275 g/mol. The molecular weight excluding hydrogens is 258 g/mol. The van der Waals surface area contributed by atoms with Gasteiger partial charge in [-0.05, 0) is 25.0 Å². The second kappa shape index (κ2) is 4.40. The van der Waals surface area contributed by atoms with E-state index < -0.39 is 5.60 Å². The van der Waals surface area contributed by atoms with Gasteiger partial charge in [-0.15, -0.1) is 0 Å². The van der Waals surface area contributed by atoms with E-state index in [1.165, 1.54) is 0 Å². The van der Waals surface area contributed by atoms with Gasteiger partial charge in [-0.2, -0.15) is 0 Å². The molecule has 1 atom stereocenters. The number of hydrogen-bond acceptors (Lipinski definition) is 4. The number of aryl methyl sites for hydroxylation is 2. The van der Waals surface area contributed by atoms with E-state index in [4.69, 9.17) is 4.74 Å². The van der Waals surface area contributed by atoms with Crippen molar-refractivity contribution in [3.8, 4) is 0 Å². The molecule has 20 heavy (non-hydrogen) atoms. The molecule has 5 heteroatoms. The minimum absolute atomic E-state index is 0.00176. The third kappa shape index (κ3) is 1.85. The van der Waals surface area contributed by atoms with Crippen molar-refractivity contribution in [1.82, 2.24) is 4.90 Å².